The average molecular weight is 236 g/mol. The van der Waals surface area contributed by atoms with E-state index in [4.69, 9.17) is 9.84 Å². The van der Waals surface area contributed by atoms with Gasteiger partial charge in [-0.1, -0.05) is 38.0 Å². The minimum Gasteiger partial charge on any atom is -0.479 e. The fourth-order valence-corrected chi connectivity index (χ4v) is 1.63. The molecule has 0 aromatic heterocycles. The summed E-state index contributed by atoms with van der Waals surface area (Å²) in [6.07, 6.45) is 3.61. The van der Waals surface area contributed by atoms with Gasteiger partial charge in [-0.3, -0.25) is 0 Å². The number of rotatable bonds is 7. The smallest absolute Gasteiger partial charge is 0.344 e. The van der Waals surface area contributed by atoms with Gasteiger partial charge < -0.3 is 9.84 Å². The van der Waals surface area contributed by atoms with Gasteiger partial charge in [0.1, 0.15) is 5.75 Å². The van der Waals surface area contributed by atoms with Gasteiger partial charge in [-0.25, -0.2) is 4.79 Å². The molecule has 0 amide bonds. The maximum Gasteiger partial charge on any atom is 0.344 e. The van der Waals surface area contributed by atoms with Gasteiger partial charge in [0.05, 0.1) is 0 Å². The average Bonchev–Trinajstić information content (AvgIpc) is 2.31. The summed E-state index contributed by atoms with van der Waals surface area (Å²) in [5.41, 5.74) is 1.09. The van der Waals surface area contributed by atoms with Gasteiger partial charge in [-0.05, 0) is 31.4 Å². The van der Waals surface area contributed by atoms with Crippen molar-refractivity contribution >= 4 is 5.97 Å². The summed E-state index contributed by atoms with van der Waals surface area (Å²) in [6, 6.07) is 7.66. The number of unbranched alkanes of at least 4 members (excludes halogenated alkanes) is 2. The summed E-state index contributed by atoms with van der Waals surface area (Å²) in [5.74, 6) is -0.244. The number of aliphatic carboxylic acids is 1. The number of ether oxygens (including phenoxy) is 1. The zero-order valence-electron chi connectivity index (χ0n) is 10.5. The van der Waals surface area contributed by atoms with Crippen LogP contribution in [0.2, 0.25) is 0 Å². The zero-order valence-corrected chi connectivity index (χ0v) is 10.5. The molecule has 0 radical (unpaired) electrons. The van der Waals surface area contributed by atoms with Gasteiger partial charge in [-0.2, -0.15) is 0 Å². The largest absolute Gasteiger partial charge is 0.479 e. The predicted octanol–water partition coefficient (Wildman–Crippen LogP) is 3.27. The Labute approximate surface area is 102 Å². The molecule has 94 valence electrons. The van der Waals surface area contributed by atoms with Crippen molar-refractivity contribution in [2.75, 3.05) is 0 Å². The third-order valence-electron chi connectivity index (χ3n) is 2.67. The van der Waals surface area contributed by atoms with Gasteiger partial charge in [0.15, 0.2) is 6.10 Å². The van der Waals surface area contributed by atoms with Gasteiger partial charge in [-0.15, -0.1) is 0 Å². The van der Waals surface area contributed by atoms with Crippen molar-refractivity contribution in [1.29, 1.82) is 0 Å². The van der Waals surface area contributed by atoms with Crippen LogP contribution in [-0.2, 0) is 11.2 Å². The van der Waals surface area contributed by atoms with Crippen molar-refractivity contribution in [1.82, 2.24) is 0 Å². The van der Waals surface area contributed by atoms with E-state index in [1.807, 2.05) is 24.3 Å². The van der Waals surface area contributed by atoms with Crippen LogP contribution in [0, 0.1) is 0 Å². The minimum absolute atomic E-state index is 0.693. The number of hydrogen-bond donors (Lipinski definition) is 1. The molecule has 0 aliphatic carbocycles. The zero-order chi connectivity index (χ0) is 12.7. The van der Waals surface area contributed by atoms with E-state index in [1.54, 1.807) is 6.92 Å². The van der Waals surface area contributed by atoms with E-state index >= 15 is 0 Å². The molecular weight excluding hydrogens is 216 g/mol. The van der Waals surface area contributed by atoms with Gasteiger partial charge in [0.2, 0.25) is 0 Å². The van der Waals surface area contributed by atoms with Crippen LogP contribution in [0.3, 0.4) is 0 Å². The van der Waals surface area contributed by atoms with Crippen LogP contribution in [-0.4, -0.2) is 17.2 Å². The van der Waals surface area contributed by atoms with E-state index in [2.05, 4.69) is 6.92 Å². The van der Waals surface area contributed by atoms with Gasteiger partial charge in [0.25, 0.3) is 0 Å². The Bertz CT molecular complexity index is 360. The maximum absolute atomic E-state index is 10.8. The van der Waals surface area contributed by atoms with E-state index in [1.165, 1.54) is 12.8 Å². The summed E-state index contributed by atoms with van der Waals surface area (Å²) >= 11 is 0. The molecule has 1 rings (SSSR count). The first-order valence-corrected chi connectivity index (χ1v) is 6.12. The third-order valence-corrected chi connectivity index (χ3v) is 2.67. The van der Waals surface area contributed by atoms with Crippen molar-refractivity contribution in [2.45, 2.75) is 45.6 Å². The molecule has 1 aromatic rings. The topological polar surface area (TPSA) is 46.5 Å². The molecule has 3 heteroatoms. The molecule has 0 aliphatic heterocycles. The third kappa shape index (κ3) is 4.47. The van der Waals surface area contributed by atoms with Crippen LogP contribution in [0.15, 0.2) is 24.3 Å². The summed E-state index contributed by atoms with van der Waals surface area (Å²) in [4.78, 5) is 10.8. The standard InChI is InChI=1S/C14H20O3/c1-3-4-5-8-12-9-6-7-10-13(12)17-11(2)14(15)16/h6-7,9-11H,3-5,8H2,1-2H3,(H,15,16). The lowest BCUT2D eigenvalue weighted by atomic mass is 10.1. The van der Waals surface area contributed by atoms with Gasteiger partial charge >= 0.3 is 5.97 Å². The van der Waals surface area contributed by atoms with Gasteiger partial charge in [0, 0.05) is 0 Å². The Hall–Kier alpha value is -1.51. The highest BCUT2D eigenvalue weighted by atomic mass is 16.5. The molecule has 0 aliphatic rings. The number of para-hydroxylation sites is 1. The van der Waals surface area contributed by atoms with Crippen molar-refractivity contribution in [3.63, 3.8) is 0 Å². The van der Waals surface area contributed by atoms with E-state index in [-0.39, 0.29) is 0 Å². The second kappa shape index (κ2) is 6.94. The van der Waals surface area contributed by atoms with Crippen LogP contribution in [0.4, 0.5) is 0 Å². The normalized spacial score (nSPS) is 12.1. The Balaban J connectivity index is 2.66. The molecule has 0 fully saturated rings. The van der Waals surface area contributed by atoms with Crippen LogP contribution >= 0.6 is 0 Å². The Kier molecular flexibility index (Phi) is 5.53. The van der Waals surface area contributed by atoms with Crippen molar-refractivity contribution in [2.24, 2.45) is 0 Å². The molecule has 0 bridgehead atoms. The fourth-order valence-electron chi connectivity index (χ4n) is 1.63. The van der Waals surface area contributed by atoms with Crippen LogP contribution in [0.5, 0.6) is 5.75 Å². The monoisotopic (exact) mass is 236 g/mol. The first kappa shape index (κ1) is 13.6. The summed E-state index contributed by atoms with van der Waals surface area (Å²) in [6.45, 7) is 3.71. The van der Waals surface area contributed by atoms with E-state index in [0.717, 1.165) is 18.4 Å². The van der Waals surface area contributed by atoms with Crippen molar-refractivity contribution in [3.05, 3.63) is 29.8 Å². The van der Waals surface area contributed by atoms with Crippen LogP contribution < -0.4 is 4.74 Å². The molecular formula is C14H20O3. The summed E-state index contributed by atoms with van der Waals surface area (Å²) < 4.78 is 5.44. The SMILES string of the molecule is CCCCCc1ccccc1OC(C)C(=O)O. The lowest BCUT2D eigenvalue weighted by Crippen LogP contribution is -2.23. The quantitative estimate of drug-likeness (QED) is 0.739. The number of carbonyl (C=O) groups is 1. The Morgan fingerprint density at radius 3 is 2.71 bits per heavy atom. The molecule has 1 unspecified atom stereocenters. The highest BCUT2D eigenvalue weighted by Crippen LogP contribution is 2.21. The van der Waals surface area contributed by atoms with Crippen molar-refractivity contribution < 1.29 is 14.6 Å². The first-order valence-electron chi connectivity index (χ1n) is 6.12. The molecule has 1 aromatic carbocycles. The first-order chi connectivity index (χ1) is 8.15. The molecule has 0 saturated heterocycles. The van der Waals surface area contributed by atoms with Crippen LogP contribution in [0.25, 0.3) is 0 Å². The second-order valence-electron chi connectivity index (χ2n) is 4.16. The number of carboxylic acid groups (broad SMARTS) is 1. The molecule has 0 saturated carbocycles. The lowest BCUT2D eigenvalue weighted by Gasteiger charge is -2.14. The number of hydrogen-bond acceptors (Lipinski definition) is 2. The van der Waals surface area contributed by atoms with E-state index in [9.17, 15) is 4.79 Å². The number of carboxylic acids is 1. The molecule has 0 spiro atoms. The molecule has 1 N–H and O–H groups in total. The minimum atomic E-state index is -0.937. The summed E-state index contributed by atoms with van der Waals surface area (Å²) in [7, 11) is 0. The Morgan fingerprint density at radius 2 is 2.06 bits per heavy atom. The lowest BCUT2D eigenvalue weighted by molar-refractivity contribution is -0.144. The molecule has 0 heterocycles. The van der Waals surface area contributed by atoms with E-state index < -0.39 is 12.1 Å². The summed E-state index contributed by atoms with van der Waals surface area (Å²) in [5, 5.41) is 8.82. The highest BCUT2D eigenvalue weighted by molar-refractivity contribution is 5.72. The highest BCUT2D eigenvalue weighted by Gasteiger charge is 2.14. The molecule has 17 heavy (non-hydrogen) atoms. The second-order valence-corrected chi connectivity index (χ2v) is 4.16. The van der Waals surface area contributed by atoms with Crippen LogP contribution in [0.1, 0.15) is 38.7 Å². The number of aryl methyl sites for hydroxylation is 1. The molecule has 1 atom stereocenters. The maximum atomic E-state index is 10.8. The number of benzene rings is 1. The predicted molar refractivity (Wildman–Crippen MR) is 67.4 cm³/mol. The van der Waals surface area contributed by atoms with E-state index in [0.29, 0.717) is 5.75 Å². The molecule has 3 nitrogen and oxygen atoms in total. The fraction of sp³-hybridized carbons (Fsp3) is 0.500. The Morgan fingerprint density at radius 1 is 1.35 bits per heavy atom. The van der Waals surface area contributed by atoms with Crippen molar-refractivity contribution in [3.8, 4) is 5.75 Å².